The number of amides is 3. The number of rotatable bonds is 8. The molecule has 0 radical (unpaired) electrons. The first-order valence-electron chi connectivity index (χ1n) is 10.2. The van der Waals surface area contributed by atoms with Gasteiger partial charge in [0, 0.05) is 30.8 Å². The summed E-state index contributed by atoms with van der Waals surface area (Å²) in [6.45, 7) is 4.44. The molecule has 1 unspecified atom stereocenters. The number of carbonyl (C=O) groups is 3. The van der Waals surface area contributed by atoms with Crippen molar-refractivity contribution in [3.63, 3.8) is 0 Å². The SMILES string of the molecule is CNC(=O)C(NC=O)N(C)C(=O)c1ccc(C#Cc2ccc(CCC(C)C)cc2)cc1. The third-order valence-corrected chi connectivity index (χ3v) is 4.88. The van der Waals surface area contributed by atoms with Gasteiger partial charge in [0.25, 0.3) is 11.8 Å². The van der Waals surface area contributed by atoms with E-state index in [2.05, 4.69) is 48.5 Å². The molecule has 0 heterocycles. The molecule has 2 rings (SSSR count). The molecule has 0 spiro atoms. The van der Waals surface area contributed by atoms with E-state index in [9.17, 15) is 14.4 Å². The van der Waals surface area contributed by atoms with Crippen molar-refractivity contribution in [2.75, 3.05) is 14.1 Å². The Morgan fingerprint density at radius 3 is 2.03 bits per heavy atom. The van der Waals surface area contributed by atoms with Crippen LogP contribution in [0, 0.1) is 17.8 Å². The summed E-state index contributed by atoms with van der Waals surface area (Å²) < 4.78 is 0. The molecular formula is C25H29N3O3. The Morgan fingerprint density at radius 1 is 1.00 bits per heavy atom. The molecule has 2 aromatic rings. The number of nitrogens with zero attached hydrogens (tertiary/aromatic N) is 1. The van der Waals surface area contributed by atoms with Crippen LogP contribution in [0.2, 0.25) is 0 Å². The third-order valence-electron chi connectivity index (χ3n) is 4.88. The van der Waals surface area contributed by atoms with Crippen LogP contribution < -0.4 is 10.6 Å². The van der Waals surface area contributed by atoms with Crippen molar-refractivity contribution in [2.24, 2.45) is 5.92 Å². The highest BCUT2D eigenvalue weighted by Gasteiger charge is 2.26. The maximum absolute atomic E-state index is 12.7. The van der Waals surface area contributed by atoms with Crippen LogP contribution in [0.3, 0.4) is 0 Å². The fourth-order valence-electron chi connectivity index (χ4n) is 2.94. The van der Waals surface area contributed by atoms with Crippen LogP contribution in [0.25, 0.3) is 0 Å². The van der Waals surface area contributed by atoms with Crippen molar-refractivity contribution >= 4 is 18.2 Å². The van der Waals surface area contributed by atoms with E-state index in [-0.39, 0.29) is 5.91 Å². The van der Waals surface area contributed by atoms with Crippen LogP contribution in [-0.2, 0) is 16.0 Å². The summed E-state index contributed by atoms with van der Waals surface area (Å²) in [5.41, 5.74) is 3.41. The van der Waals surface area contributed by atoms with Crippen molar-refractivity contribution in [2.45, 2.75) is 32.9 Å². The molecule has 162 valence electrons. The van der Waals surface area contributed by atoms with Gasteiger partial charge in [0.05, 0.1) is 0 Å². The second-order valence-corrected chi connectivity index (χ2v) is 7.67. The quantitative estimate of drug-likeness (QED) is 0.392. The van der Waals surface area contributed by atoms with Gasteiger partial charge in [-0.3, -0.25) is 14.4 Å². The van der Waals surface area contributed by atoms with E-state index in [0.717, 1.165) is 17.5 Å². The van der Waals surface area contributed by atoms with Crippen LogP contribution in [0.4, 0.5) is 0 Å². The number of likely N-dealkylation sites (N-methyl/N-ethyl adjacent to an activating group) is 2. The van der Waals surface area contributed by atoms with Crippen molar-refractivity contribution in [3.8, 4) is 11.8 Å². The Balaban J connectivity index is 2.06. The summed E-state index contributed by atoms with van der Waals surface area (Å²) in [6.07, 6.45) is 1.54. The van der Waals surface area contributed by atoms with Crippen molar-refractivity contribution in [3.05, 3.63) is 70.8 Å². The summed E-state index contributed by atoms with van der Waals surface area (Å²) in [4.78, 5) is 36.5. The molecule has 0 saturated carbocycles. The van der Waals surface area contributed by atoms with Crippen LogP contribution in [0.15, 0.2) is 48.5 Å². The molecule has 31 heavy (non-hydrogen) atoms. The van der Waals surface area contributed by atoms with E-state index >= 15 is 0 Å². The molecule has 6 heteroatoms. The molecule has 0 aliphatic carbocycles. The molecule has 2 aromatic carbocycles. The minimum Gasteiger partial charge on any atom is -0.356 e. The lowest BCUT2D eigenvalue weighted by atomic mass is 10.0. The van der Waals surface area contributed by atoms with E-state index in [1.807, 2.05) is 12.1 Å². The molecule has 0 aromatic heterocycles. The van der Waals surface area contributed by atoms with E-state index in [0.29, 0.717) is 17.9 Å². The first-order chi connectivity index (χ1) is 14.8. The van der Waals surface area contributed by atoms with Gasteiger partial charge in [0.15, 0.2) is 6.17 Å². The maximum Gasteiger partial charge on any atom is 0.263 e. The van der Waals surface area contributed by atoms with Crippen LogP contribution >= 0.6 is 0 Å². The van der Waals surface area contributed by atoms with Gasteiger partial charge in [-0.2, -0.15) is 0 Å². The lowest BCUT2D eigenvalue weighted by Crippen LogP contribution is -2.54. The fourth-order valence-corrected chi connectivity index (χ4v) is 2.94. The van der Waals surface area contributed by atoms with Crippen LogP contribution in [0.1, 0.15) is 47.3 Å². The molecule has 0 aliphatic heterocycles. The van der Waals surface area contributed by atoms with Crippen molar-refractivity contribution < 1.29 is 14.4 Å². The number of hydrogen-bond donors (Lipinski definition) is 2. The van der Waals surface area contributed by atoms with Gasteiger partial charge in [-0.15, -0.1) is 0 Å². The zero-order valence-electron chi connectivity index (χ0n) is 18.4. The van der Waals surface area contributed by atoms with Crippen LogP contribution in [-0.4, -0.2) is 43.4 Å². The minimum absolute atomic E-state index is 0.388. The fraction of sp³-hybridized carbons (Fsp3) is 0.320. The highest BCUT2D eigenvalue weighted by Crippen LogP contribution is 2.11. The van der Waals surface area contributed by atoms with Gasteiger partial charge >= 0.3 is 0 Å². The molecule has 0 saturated heterocycles. The predicted octanol–water partition coefficient (Wildman–Crippen LogP) is 2.57. The lowest BCUT2D eigenvalue weighted by Gasteiger charge is -2.26. The van der Waals surface area contributed by atoms with Gasteiger partial charge in [-0.05, 0) is 60.7 Å². The molecule has 0 fully saturated rings. The number of aryl methyl sites for hydroxylation is 1. The number of hydrogen-bond acceptors (Lipinski definition) is 3. The predicted molar refractivity (Wildman–Crippen MR) is 121 cm³/mol. The van der Waals surface area contributed by atoms with Crippen molar-refractivity contribution in [1.82, 2.24) is 15.5 Å². The van der Waals surface area contributed by atoms with Gasteiger partial charge in [0.1, 0.15) is 0 Å². The normalized spacial score (nSPS) is 11.1. The van der Waals surface area contributed by atoms with Gasteiger partial charge in [0.2, 0.25) is 6.41 Å². The van der Waals surface area contributed by atoms with Crippen molar-refractivity contribution in [1.29, 1.82) is 0 Å². The summed E-state index contributed by atoms with van der Waals surface area (Å²) in [5, 5.41) is 4.76. The first kappa shape index (κ1) is 23.7. The zero-order chi connectivity index (χ0) is 22.8. The van der Waals surface area contributed by atoms with Gasteiger partial charge in [-0.25, -0.2) is 0 Å². The molecule has 6 nitrogen and oxygen atoms in total. The molecule has 1 atom stereocenters. The number of nitrogens with one attached hydrogen (secondary N) is 2. The second-order valence-electron chi connectivity index (χ2n) is 7.67. The Labute approximate surface area is 184 Å². The van der Waals surface area contributed by atoms with Gasteiger partial charge < -0.3 is 15.5 Å². The summed E-state index contributed by atoms with van der Waals surface area (Å²) in [7, 11) is 2.89. The van der Waals surface area contributed by atoms with E-state index in [4.69, 9.17) is 0 Å². The minimum atomic E-state index is -1.09. The topological polar surface area (TPSA) is 78.5 Å². The third kappa shape index (κ3) is 7.00. The lowest BCUT2D eigenvalue weighted by molar-refractivity contribution is -0.128. The Hall–Kier alpha value is -3.59. The monoisotopic (exact) mass is 419 g/mol. The highest BCUT2D eigenvalue weighted by molar-refractivity contribution is 5.97. The Morgan fingerprint density at radius 2 is 1.55 bits per heavy atom. The number of benzene rings is 2. The Kier molecular flexibility index (Phi) is 8.83. The summed E-state index contributed by atoms with van der Waals surface area (Å²) in [6, 6.07) is 15.1. The largest absolute Gasteiger partial charge is 0.356 e. The first-order valence-corrected chi connectivity index (χ1v) is 10.2. The molecular weight excluding hydrogens is 390 g/mol. The van der Waals surface area contributed by atoms with E-state index < -0.39 is 12.1 Å². The standard InChI is InChI=1S/C25H29N3O3/c1-18(2)5-6-19-7-9-20(10-8-19)11-12-21-13-15-22(16-14-21)25(31)28(4)23(27-17-29)24(30)26-3/h7-10,13-18,23H,5-6H2,1-4H3,(H,26,30)(H,27,29). The molecule has 3 amide bonds. The molecule has 0 aliphatic rings. The average molecular weight is 420 g/mol. The number of carbonyl (C=O) groups excluding carboxylic acids is 3. The highest BCUT2D eigenvalue weighted by atomic mass is 16.2. The van der Waals surface area contributed by atoms with E-state index in [1.165, 1.54) is 31.0 Å². The average Bonchev–Trinajstić information content (AvgIpc) is 2.79. The Bertz CT molecular complexity index is 954. The summed E-state index contributed by atoms with van der Waals surface area (Å²) >= 11 is 0. The van der Waals surface area contributed by atoms with Crippen LogP contribution in [0.5, 0.6) is 0 Å². The molecule has 0 bridgehead atoms. The smallest absolute Gasteiger partial charge is 0.263 e. The summed E-state index contributed by atoms with van der Waals surface area (Å²) in [5.74, 6) is 6.04. The van der Waals surface area contributed by atoms with Gasteiger partial charge in [-0.1, -0.05) is 37.8 Å². The second kappa shape index (κ2) is 11.6. The maximum atomic E-state index is 12.7. The molecule has 2 N–H and O–H groups in total. The van der Waals surface area contributed by atoms with E-state index in [1.54, 1.807) is 24.3 Å². The zero-order valence-corrected chi connectivity index (χ0v) is 18.4.